The fourth-order valence-electron chi connectivity index (χ4n) is 2.40. The van der Waals surface area contributed by atoms with Crippen molar-refractivity contribution in [2.45, 2.75) is 18.4 Å². The molecular formula is C11H12BrNS. The van der Waals surface area contributed by atoms with Crippen molar-refractivity contribution in [1.82, 2.24) is 0 Å². The lowest BCUT2D eigenvalue weighted by Gasteiger charge is -2.24. The van der Waals surface area contributed by atoms with E-state index in [1.54, 1.807) is 0 Å². The molecule has 0 radical (unpaired) electrons. The van der Waals surface area contributed by atoms with Gasteiger partial charge in [-0.3, -0.25) is 0 Å². The number of thioether (sulfide) groups is 1. The van der Waals surface area contributed by atoms with E-state index in [0.29, 0.717) is 6.04 Å². The summed E-state index contributed by atoms with van der Waals surface area (Å²) in [5.74, 6) is 3.32. The van der Waals surface area contributed by atoms with Crippen molar-refractivity contribution in [2.24, 2.45) is 0 Å². The highest BCUT2D eigenvalue weighted by atomic mass is 79.9. The third-order valence-corrected chi connectivity index (χ3v) is 4.91. The van der Waals surface area contributed by atoms with E-state index in [4.69, 9.17) is 0 Å². The van der Waals surface area contributed by atoms with Gasteiger partial charge in [-0.2, -0.15) is 11.8 Å². The fraction of sp³-hybridized carbons (Fsp3) is 0.455. The molecule has 0 aliphatic carbocycles. The molecule has 0 bridgehead atoms. The van der Waals surface area contributed by atoms with Crippen molar-refractivity contribution in [3.63, 3.8) is 0 Å². The fourth-order valence-corrected chi connectivity index (χ4v) is 4.15. The SMILES string of the molecule is Brc1cccc2c1N[C@@H]1CCSC[C@@H]21. The summed E-state index contributed by atoms with van der Waals surface area (Å²) in [5.41, 5.74) is 2.85. The molecule has 0 spiro atoms. The molecule has 74 valence electrons. The summed E-state index contributed by atoms with van der Waals surface area (Å²) in [6.07, 6.45) is 1.30. The van der Waals surface area contributed by atoms with Crippen LogP contribution < -0.4 is 5.32 Å². The minimum absolute atomic E-state index is 0.685. The number of nitrogens with one attached hydrogen (secondary N) is 1. The van der Waals surface area contributed by atoms with Crippen molar-refractivity contribution in [3.05, 3.63) is 28.2 Å². The van der Waals surface area contributed by atoms with Gasteiger partial charge in [-0.25, -0.2) is 0 Å². The maximum absolute atomic E-state index is 3.64. The molecule has 1 saturated heterocycles. The third-order valence-electron chi connectivity index (χ3n) is 3.13. The number of anilines is 1. The molecule has 14 heavy (non-hydrogen) atoms. The van der Waals surface area contributed by atoms with Crippen LogP contribution in [0.5, 0.6) is 0 Å². The highest BCUT2D eigenvalue weighted by Gasteiger charge is 2.34. The lowest BCUT2D eigenvalue weighted by Crippen LogP contribution is -2.26. The first-order chi connectivity index (χ1) is 6.86. The van der Waals surface area contributed by atoms with Gasteiger partial charge in [-0.1, -0.05) is 12.1 Å². The first-order valence-electron chi connectivity index (χ1n) is 4.99. The Morgan fingerprint density at radius 2 is 2.36 bits per heavy atom. The lowest BCUT2D eigenvalue weighted by atomic mass is 9.95. The number of hydrogen-bond acceptors (Lipinski definition) is 2. The third kappa shape index (κ3) is 1.29. The van der Waals surface area contributed by atoms with Crippen LogP contribution >= 0.6 is 27.7 Å². The van der Waals surface area contributed by atoms with E-state index in [9.17, 15) is 0 Å². The molecular weight excluding hydrogens is 258 g/mol. The molecule has 1 nitrogen and oxygen atoms in total. The Bertz CT molecular complexity index is 366. The minimum atomic E-state index is 0.685. The predicted molar refractivity (Wildman–Crippen MR) is 66.2 cm³/mol. The molecule has 3 heteroatoms. The summed E-state index contributed by atoms with van der Waals surface area (Å²) >= 11 is 5.70. The zero-order valence-electron chi connectivity index (χ0n) is 7.79. The number of hydrogen-bond donors (Lipinski definition) is 1. The van der Waals surface area contributed by atoms with E-state index in [1.165, 1.54) is 33.7 Å². The number of halogens is 1. The standard InChI is InChI=1S/C11H12BrNS/c12-9-3-1-2-7-8-6-14-5-4-10(8)13-11(7)9/h1-3,8,10,13H,4-6H2/t8-,10+/m0/s1. The largest absolute Gasteiger partial charge is 0.380 e. The first-order valence-corrected chi connectivity index (χ1v) is 6.94. The van der Waals surface area contributed by atoms with Crippen LogP contribution in [0.2, 0.25) is 0 Å². The van der Waals surface area contributed by atoms with E-state index in [0.717, 1.165) is 5.92 Å². The van der Waals surface area contributed by atoms with E-state index >= 15 is 0 Å². The van der Waals surface area contributed by atoms with E-state index in [-0.39, 0.29) is 0 Å². The van der Waals surface area contributed by atoms with Gasteiger partial charge in [0.25, 0.3) is 0 Å². The normalized spacial score (nSPS) is 29.2. The molecule has 0 aromatic heterocycles. The number of fused-ring (bicyclic) bond motifs is 3. The van der Waals surface area contributed by atoms with Gasteiger partial charge in [0.2, 0.25) is 0 Å². The number of benzene rings is 1. The highest BCUT2D eigenvalue weighted by molar-refractivity contribution is 9.10. The quantitative estimate of drug-likeness (QED) is 0.774. The molecule has 1 fully saturated rings. The van der Waals surface area contributed by atoms with E-state index in [1.807, 2.05) is 0 Å². The van der Waals surface area contributed by atoms with Gasteiger partial charge < -0.3 is 5.32 Å². The Morgan fingerprint density at radius 3 is 3.29 bits per heavy atom. The summed E-state index contributed by atoms with van der Waals surface area (Å²) in [6, 6.07) is 7.22. The highest BCUT2D eigenvalue weighted by Crippen LogP contribution is 2.45. The van der Waals surface area contributed by atoms with Gasteiger partial charge in [0.15, 0.2) is 0 Å². The van der Waals surface area contributed by atoms with Crippen LogP contribution in [-0.4, -0.2) is 17.5 Å². The second-order valence-corrected chi connectivity index (χ2v) is 5.93. The Labute approximate surface area is 96.8 Å². The van der Waals surface area contributed by atoms with Crippen molar-refractivity contribution in [3.8, 4) is 0 Å². The van der Waals surface area contributed by atoms with E-state index in [2.05, 4.69) is 51.2 Å². The summed E-state index contributed by atoms with van der Waals surface area (Å²) in [7, 11) is 0. The Morgan fingerprint density at radius 1 is 1.43 bits per heavy atom. The Kier molecular flexibility index (Phi) is 2.25. The molecule has 2 aliphatic rings. The maximum Gasteiger partial charge on any atom is 0.0523 e. The van der Waals surface area contributed by atoms with Crippen LogP contribution in [0.1, 0.15) is 17.9 Å². The molecule has 2 aliphatic heterocycles. The zero-order chi connectivity index (χ0) is 9.54. The molecule has 0 saturated carbocycles. The predicted octanol–water partition coefficient (Wildman–Crippen LogP) is 3.46. The molecule has 1 N–H and O–H groups in total. The molecule has 0 unspecified atom stereocenters. The second kappa shape index (κ2) is 3.46. The van der Waals surface area contributed by atoms with Gasteiger partial charge in [0, 0.05) is 22.2 Å². The average molecular weight is 270 g/mol. The smallest absolute Gasteiger partial charge is 0.0523 e. The summed E-state index contributed by atoms with van der Waals surface area (Å²) in [6.45, 7) is 0. The van der Waals surface area contributed by atoms with Crippen LogP contribution in [0.15, 0.2) is 22.7 Å². The van der Waals surface area contributed by atoms with Gasteiger partial charge >= 0.3 is 0 Å². The minimum Gasteiger partial charge on any atom is -0.380 e. The van der Waals surface area contributed by atoms with Crippen LogP contribution in [0.3, 0.4) is 0 Å². The van der Waals surface area contributed by atoms with Crippen LogP contribution in [0.25, 0.3) is 0 Å². The van der Waals surface area contributed by atoms with Gasteiger partial charge in [0.1, 0.15) is 0 Å². The average Bonchev–Trinajstić information content (AvgIpc) is 2.59. The molecule has 1 aromatic rings. The van der Waals surface area contributed by atoms with Crippen molar-refractivity contribution in [1.29, 1.82) is 0 Å². The number of rotatable bonds is 0. The topological polar surface area (TPSA) is 12.0 Å². The van der Waals surface area contributed by atoms with Crippen molar-refractivity contribution < 1.29 is 0 Å². The van der Waals surface area contributed by atoms with Crippen LogP contribution in [-0.2, 0) is 0 Å². The van der Waals surface area contributed by atoms with E-state index < -0.39 is 0 Å². The first kappa shape index (κ1) is 9.10. The maximum atomic E-state index is 3.64. The van der Waals surface area contributed by atoms with Crippen molar-refractivity contribution in [2.75, 3.05) is 16.8 Å². The molecule has 3 rings (SSSR count). The van der Waals surface area contributed by atoms with Crippen LogP contribution in [0.4, 0.5) is 5.69 Å². The van der Waals surface area contributed by atoms with Crippen molar-refractivity contribution >= 4 is 33.4 Å². The van der Waals surface area contributed by atoms with Crippen LogP contribution in [0, 0.1) is 0 Å². The second-order valence-electron chi connectivity index (χ2n) is 3.92. The lowest BCUT2D eigenvalue weighted by molar-refractivity contribution is 0.614. The molecule has 0 amide bonds. The molecule has 2 heterocycles. The summed E-state index contributed by atoms with van der Waals surface area (Å²) in [4.78, 5) is 0. The zero-order valence-corrected chi connectivity index (χ0v) is 10.2. The Hall–Kier alpha value is -0.150. The van der Waals surface area contributed by atoms with Gasteiger partial charge in [-0.05, 0) is 39.7 Å². The Balaban J connectivity index is 2.05. The van der Waals surface area contributed by atoms with Gasteiger partial charge in [-0.15, -0.1) is 0 Å². The monoisotopic (exact) mass is 269 g/mol. The number of para-hydroxylation sites is 1. The molecule has 1 aromatic carbocycles. The summed E-state index contributed by atoms with van der Waals surface area (Å²) in [5, 5.41) is 3.64. The molecule has 2 atom stereocenters. The van der Waals surface area contributed by atoms with Gasteiger partial charge in [0.05, 0.1) is 5.69 Å². The summed E-state index contributed by atoms with van der Waals surface area (Å²) < 4.78 is 1.22.